The number of unbranched alkanes of at least 4 members (excludes halogenated alkanes) is 14. The van der Waals surface area contributed by atoms with Gasteiger partial charge >= 0.3 is 14.2 Å². The molecule has 0 bridgehead atoms. The summed E-state index contributed by atoms with van der Waals surface area (Å²) in [6, 6.07) is 14.1. The second-order valence-corrected chi connectivity index (χ2v) is 13.3. The summed E-state index contributed by atoms with van der Waals surface area (Å²) in [7, 11) is -0.484. The molecular formula is C37H56B2O4. The fraction of sp³-hybridized carbons (Fsp3) is 0.676. The summed E-state index contributed by atoms with van der Waals surface area (Å²) in [5.74, 6) is 0. The first-order valence-corrected chi connectivity index (χ1v) is 18.0. The topological polar surface area (TPSA) is 36.9 Å². The van der Waals surface area contributed by atoms with Crippen LogP contribution in [0.3, 0.4) is 0 Å². The van der Waals surface area contributed by atoms with Crippen LogP contribution < -0.4 is 10.9 Å². The molecule has 0 saturated carbocycles. The summed E-state index contributed by atoms with van der Waals surface area (Å²) in [5.41, 5.74) is 8.14. The molecular weight excluding hydrogens is 530 g/mol. The van der Waals surface area contributed by atoms with Crippen molar-refractivity contribution in [2.45, 2.75) is 135 Å². The van der Waals surface area contributed by atoms with E-state index in [1.54, 1.807) is 0 Å². The van der Waals surface area contributed by atoms with Crippen LogP contribution in [0.1, 0.15) is 141 Å². The lowest BCUT2D eigenvalue weighted by Crippen LogP contribution is -2.35. The van der Waals surface area contributed by atoms with Crippen LogP contribution in [-0.4, -0.2) is 40.7 Å². The number of hydrogen-bond acceptors (Lipinski definition) is 4. The summed E-state index contributed by atoms with van der Waals surface area (Å²) in [6.07, 6.45) is 24.0. The average molecular weight is 586 g/mol. The van der Waals surface area contributed by atoms with Crippen molar-refractivity contribution in [2.75, 3.05) is 26.4 Å². The van der Waals surface area contributed by atoms with Crippen LogP contribution in [0.15, 0.2) is 36.4 Å². The van der Waals surface area contributed by atoms with Crippen LogP contribution >= 0.6 is 0 Å². The summed E-state index contributed by atoms with van der Waals surface area (Å²) < 4.78 is 23.9. The molecule has 5 rings (SSSR count). The predicted octanol–water partition coefficient (Wildman–Crippen LogP) is 8.50. The smallest absolute Gasteiger partial charge is 0.405 e. The van der Waals surface area contributed by atoms with Gasteiger partial charge in [0.15, 0.2) is 0 Å². The SMILES string of the molecule is CCCCCCCCCCC1(CCCCCCCCCC)c2cc(B3OCCO3)ccc2-c2ccc(B3OCCO3)cc21. The van der Waals surface area contributed by atoms with Crippen LogP contribution in [0.25, 0.3) is 11.1 Å². The highest BCUT2D eigenvalue weighted by Crippen LogP contribution is 2.53. The van der Waals surface area contributed by atoms with Crippen molar-refractivity contribution >= 4 is 25.2 Å². The van der Waals surface area contributed by atoms with Gasteiger partial charge in [-0.1, -0.05) is 153 Å². The molecule has 6 heteroatoms. The minimum atomic E-state index is -0.242. The normalized spacial score (nSPS) is 17.2. The maximum absolute atomic E-state index is 5.98. The fourth-order valence-electron chi connectivity index (χ4n) is 7.71. The Labute approximate surface area is 263 Å². The van der Waals surface area contributed by atoms with Crippen LogP contribution in [0.2, 0.25) is 0 Å². The van der Waals surface area contributed by atoms with E-state index in [-0.39, 0.29) is 19.7 Å². The number of fused-ring (bicyclic) bond motifs is 3. The molecule has 2 aromatic rings. The molecule has 234 valence electrons. The third-order valence-corrected chi connectivity index (χ3v) is 10.1. The van der Waals surface area contributed by atoms with Gasteiger partial charge in [0.2, 0.25) is 0 Å². The molecule has 0 radical (unpaired) electrons. The molecule has 2 aliphatic heterocycles. The molecule has 2 fully saturated rings. The van der Waals surface area contributed by atoms with E-state index in [4.69, 9.17) is 18.6 Å². The number of hydrogen-bond donors (Lipinski definition) is 0. The highest BCUT2D eigenvalue weighted by atomic mass is 16.6. The quantitative estimate of drug-likeness (QED) is 0.115. The largest absolute Gasteiger partial charge is 0.494 e. The van der Waals surface area contributed by atoms with Crippen molar-refractivity contribution in [1.29, 1.82) is 0 Å². The van der Waals surface area contributed by atoms with E-state index in [1.165, 1.54) is 149 Å². The second-order valence-electron chi connectivity index (χ2n) is 13.3. The van der Waals surface area contributed by atoms with Crippen molar-refractivity contribution < 1.29 is 18.6 Å². The molecule has 0 atom stereocenters. The van der Waals surface area contributed by atoms with Gasteiger partial charge in [0.1, 0.15) is 0 Å². The third-order valence-electron chi connectivity index (χ3n) is 10.1. The molecule has 2 aromatic carbocycles. The minimum absolute atomic E-state index is 0.0122. The Morgan fingerprint density at radius 2 is 0.837 bits per heavy atom. The second kappa shape index (κ2) is 17.2. The maximum atomic E-state index is 5.98. The Morgan fingerprint density at radius 3 is 1.21 bits per heavy atom. The summed E-state index contributed by atoms with van der Waals surface area (Å²) in [5, 5.41) is 0. The lowest BCUT2D eigenvalue weighted by molar-refractivity contribution is 0.365. The molecule has 0 N–H and O–H groups in total. The van der Waals surface area contributed by atoms with Crippen LogP contribution in [0.4, 0.5) is 0 Å². The number of rotatable bonds is 20. The van der Waals surface area contributed by atoms with E-state index >= 15 is 0 Å². The van der Waals surface area contributed by atoms with Crippen molar-refractivity contribution in [3.63, 3.8) is 0 Å². The molecule has 1 aliphatic carbocycles. The molecule has 43 heavy (non-hydrogen) atoms. The van der Waals surface area contributed by atoms with E-state index in [0.717, 1.165) is 0 Å². The molecule has 0 spiro atoms. The van der Waals surface area contributed by atoms with E-state index in [9.17, 15) is 0 Å². The van der Waals surface area contributed by atoms with Crippen molar-refractivity contribution in [3.05, 3.63) is 47.5 Å². The van der Waals surface area contributed by atoms with Gasteiger partial charge in [-0.25, -0.2) is 0 Å². The Hall–Kier alpha value is -1.59. The van der Waals surface area contributed by atoms with E-state index < -0.39 is 0 Å². The maximum Gasteiger partial charge on any atom is 0.494 e. The average Bonchev–Trinajstić information content (AvgIpc) is 3.81. The van der Waals surface area contributed by atoms with Crippen molar-refractivity contribution in [1.82, 2.24) is 0 Å². The van der Waals surface area contributed by atoms with Crippen molar-refractivity contribution in [3.8, 4) is 11.1 Å². The van der Waals surface area contributed by atoms with Gasteiger partial charge in [0.25, 0.3) is 0 Å². The third kappa shape index (κ3) is 8.37. The molecule has 2 heterocycles. The molecule has 4 nitrogen and oxygen atoms in total. The van der Waals surface area contributed by atoms with E-state index in [2.05, 4.69) is 50.2 Å². The summed E-state index contributed by atoms with van der Waals surface area (Å²) in [4.78, 5) is 0. The zero-order valence-electron chi connectivity index (χ0n) is 27.3. The standard InChI is InChI=1S/C37H56B2O4/c1-3-5-7-9-11-13-15-17-23-37(24-18-16-14-12-10-8-6-4-2)35-29-31(38-40-25-26-41-38)19-21-33(35)34-22-20-32(30-36(34)37)39-42-27-28-43-39/h19-22,29-30H,3-18,23-28H2,1-2H3. The minimum Gasteiger partial charge on any atom is -0.405 e. The fourth-order valence-corrected chi connectivity index (χ4v) is 7.71. The van der Waals surface area contributed by atoms with Crippen LogP contribution in [0.5, 0.6) is 0 Å². The lowest BCUT2D eigenvalue weighted by atomic mass is 9.67. The monoisotopic (exact) mass is 586 g/mol. The van der Waals surface area contributed by atoms with Gasteiger partial charge < -0.3 is 18.6 Å². The van der Waals surface area contributed by atoms with Gasteiger partial charge in [-0.05, 0) is 46.0 Å². The van der Waals surface area contributed by atoms with Crippen LogP contribution in [0, 0.1) is 0 Å². The highest BCUT2D eigenvalue weighted by molar-refractivity contribution is 6.62. The van der Waals surface area contributed by atoms with E-state index in [1.807, 2.05) is 0 Å². The lowest BCUT2D eigenvalue weighted by Gasteiger charge is -2.33. The molecule has 0 unspecified atom stereocenters. The van der Waals surface area contributed by atoms with Gasteiger partial charge in [0, 0.05) is 5.41 Å². The van der Waals surface area contributed by atoms with Crippen LogP contribution in [-0.2, 0) is 24.0 Å². The Kier molecular flexibility index (Phi) is 13.1. The van der Waals surface area contributed by atoms with Gasteiger partial charge in [-0.3, -0.25) is 0 Å². The predicted molar refractivity (Wildman–Crippen MR) is 182 cm³/mol. The Bertz CT molecular complexity index is 1020. The first kappa shape index (κ1) is 32.8. The first-order chi connectivity index (χ1) is 21.3. The summed E-state index contributed by atoms with van der Waals surface area (Å²) in [6.45, 7) is 7.30. The summed E-state index contributed by atoms with van der Waals surface area (Å²) >= 11 is 0. The molecule has 0 aromatic heterocycles. The molecule has 0 amide bonds. The van der Waals surface area contributed by atoms with Gasteiger partial charge in [-0.2, -0.15) is 0 Å². The highest BCUT2D eigenvalue weighted by Gasteiger charge is 2.44. The Morgan fingerprint density at radius 1 is 0.488 bits per heavy atom. The van der Waals surface area contributed by atoms with Crippen molar-refractivity contribution in [2.24, 2.45) is 0 Å². The van der Waals surface area contributed by atoms with Gasteiger partial charge in [-0.15, -0.1) is 0 Å². The molecule has 3 aliphatic rings. The zero-order valence-corrected chi connectivity index (χ0v) is 27.3. The Balaban J connectivity index is 1.39. The zero-order chi connectivity index (χ0) is 29.7. The molecule has 2 saturated heterocycles. The van der Waals surface area contributed by atoms with E-state index in [0.29, 0.717) is 26.4 Å². The number of benzene rings is 2. The first-order valence-electron chi connectivity index (χ1n) is 18.0. The van der Waals surface area contributed by atoms with Gasteiger partial charge in [0.05, 0.1) is 26.4 Å².